The largest absolute Gasteiger partial charge is 0.481 e. The van der Waals surface area contributed by atoms with Crippen molar-refractivity contribution in [2.45, 2.75) is 58.1 Å². The molecule has 0 amide bonds. The predicted octanol–water partition coefficient (Wildman–Crippen LogP) is 3.45. The lowest BCUT2D eigenvalue weighted by Gasteiger charge is -2.19. The number of ether oxygens (including phenoxy) is 2. The maximum absolute atomic E-state index is 9.06. The van der Waals surface area contributed by atoms with E-state index in [1.54, 1.807) is 7.11 Å². The Balaban J connectivity index is 1.58. The van der Waals surface area contributed by atoms with Crippen LogP contribution < -0.4 is 10.1 Å². The van der Waals surface area contributed by atoms with E-state index in [-0.39, 0.29) is 6.04 Å². The van der Waals surface area contributed by atoms with E-state index in [4.69, 9.17) is 24.7 Å². The molecule has 2 aliphatic rings. The second-order valence-electron chi connectivity index (χ2n) is 8.30. The average Bonchev–Trinajstić information content (AvgIpc) is 3.42. The summed E-state index contributed by atoms with van der Waals surface area (Å²) >= 11 is 0. The molecule has 1 saturated heterocycles. The van der Waals surface area contributed by atoms with Crippen LogP contribution in [0.1, 0.15) is 49.4 Å². The van der Waals surface area contributed by atoms with Crippen molar-refractivity contribution in [3.8, 4) is 11.9 Å². The zero-order chi connectivity index (χ0) is 20.9. The van der Waals surface area contributed by atoms with Gasteiger partial charge in [-0.2, -0.15) is 5.26 Å². The highest BCUT2D eigenvalue weighted by Crippen LogP contribution is 2.35. The minimum absolute atomic E-state index is 0.0479. The van der Waals surface area contributed by atoms with Crippen molar-refractivity contribution in [1.29, 1.82) is 5.26 Å². The minimum Gasteiger partial charge on any atom is -0.481 e. The Bertz CT molecular complexity index is 934. The molecule has 0 aromatic carbocycles. The number of nitriles is 1. The number of aromatic nitrogens is 2. The molecule has 1 aliphatic carbocycles. The topological polar surface area (TPSA) is 83.3 Å². The van der Waals surface area contributed by atoms with Crippen LogP contribution >= 0.6 is 0 Å². The summed E-state index contributed by atoms with van der Waals surface area (Å²) in [5.41, 5.74) is 5.99. The first-order valence-electron chi connectivity index (χ1n) is 11.0. The first-order chi connectivity index (χ1) is 14.7. The van der Waals surface area contributed by atoms with E-state index in [1.165, 1.54) is 31.5 Å². The van der Waals surface area contributed by atoms with Gasteiger partial charge in [-0.15, -0.1) is 0 Å². The van der Waals surface area contributed by atoms with Gasteiger partial charge >= 0.3 is 0 Å². The molecule has 0 spiro atoms. The molecular weight excluding hydrogens is 378 g/mol. The summed E-state index contributed by atoms with van der Waals surface area (Å²) in [7, 11) is 1.65. The monoisotopic (exact) mass is 409 g/mol. The quantitative estimate of drug-likeness (QED) is 0.635. The molecule has 1 fully saturated rings. The van der Waals surface area contributed by atoms with Crippen molar-refractivity contribution >= 4 is 16.7 Å². The number of pyridine rings is 2. The minimum atomic E-state index is 0.0479. The standard InChI is InChI=1S/C23H31N5O2/c1-16(8-9-24)25-21-18-6-5-7-19(18)26-20-14-17(23(29-2)27-22(20)21)15-30-13-12-28-10-3-4-11-28/h14,16H,3-8,10-13,15H2,1-2H3,(H,25,26)/t16-/m1/s1. The average molecular weight is 410 g/mol. The summed E-state index contributed by atoms with van der Waals surface area (Å²) in [6.45, 7) is 6.53. The molecule has 0 bridgehead atoms. The van der Waals surface area contributed by atoms with E-state index in [0.717, 1.165) is 53.8 Å². The SMILES string of the molecule is COc1nc2c(N[C@H](C)CC#N)c3c(nc2cc1COCCN1CCCC1)CCC3. The molecule has 2 aromatic rings. The van der Waals surface area contributed by atoms with Gasteiger partial charge in [0.15, 0.2) is 0 Å². The van der Waals surface area contributed by atoms with Crippen LogP contribution in [0.25, 0.3) is 11.0 Å². The predicted molar refractivity (Wildman–Crippen MR) is 117 cm³/mol. The maximum atomic E-state index is 9.06. The normalized spacial score (nSPS) is 17.1. The van der Waals surface area contributed by atoms with Crippen LogP contribution in [0.3, 0.4) is 0 Å². The number of methoxy groups -OCH3 is 1. The number of nitrogens with one attached hydrogen (secondary N) is 1. The summed E-state index contributed by atoms with van der Waals surface area (Å²) in [6.07, 6.45) is 6.11. The van der Waals surface area contributed by atoms with E-state index < -0.39 is 0 Å². The fourth-order valence-corrected chi connectivity index (χ4v) is 4.46. The molecule has 3 heterocycles. The van der Waals surface area contributed by atoms with Gasteiger partial charge in [0, 0.05) is 23.8 Å². The van der Waals surface area contributed by atoms with Gasteiger partial charge in [0.2, 0.25) is 5.88 Å². The van der Waals surface area contributed by atoms with Gasteiger partial charge in [0.1, 0.15) is 5.52 Å². The summed E-state index contributed by atoms with van der Waals surface area (Å²) < 4.78 is 11.6. The number of hydrogen-bond donors (Lipinski definition) is 1. The van der Waals surface area contributed by atoms with Crippen molar-refractivity contribution < 1.29 is 9.47 Å². The highest BCUT2D eigenvalue weighted by molar-refractivity contribution is 5.91. The molecule has 4 rings (SSSR count). The molecular formula is C23H31N5O2. The lowest BCUT2D eigenvalue weighted by Crippen LogP contribution is -2.24. The highest BCUT2D eigenvalue weighted by Gasteiger charge is 2.23. The van der Waals surface area contributed by atoms with Gasteiger partial charge in [-0.1, -0.05) is 0 Å². The molecule has 1 aliphatic heterocycles. The Hall–Kier alpha value is -2.43. The maximum Gasteiger partial charge on any atom is 0.219 e. The lowest BCUT2D eigenvalue weighted by atomic mass is 10.1. The Morgan fingerprint density at radius 3 is 2.83 bits per heavy atom. The number of likely N-dealkylation sites (tertiary alicyclic amines) is 1. The zero-order valence-corrected chi connectivity index (χ0v) is 18.0. The third-order valence-electron chi connectivity index (χ3n) is 6.01. The first kappa shape index (κ1) is 20.8. The van der Waals surface area contributed by atoms with Crippen LogP contribution in [0.4, 0.5) is 5.69 Å². The smallest absolute Gasteiger partial charge is 0.219 e. The number of anilines is 1. The van der Waals surface area contributed by atoms with Crippen LogP contribution in [-0.4, -0.2) is 54.3 Å². The van der Waals surface area contributed by atoms with E-state index in [0.29, 0.717) is 25.5 Å². The van der Waals surface area contributed by atoms with Gasteiger partial charge in [-0.3, -0.25) is 4.98 Å². The van der Waals surface area contributed by atoms with E-state index >= 15 is 0 Å². The molecule has 1 atom stereocenters. The summed E-state index contributed by atoms with van der Waals surface area (Å²) in [6, 6.07) is 4.34. The number of aryl methyl sites for hydroxylation is 1. The van der Waals surface area contributed by atoms with Crippen LogP contribution in [0.5, 0.6) is 5.88 Å². The Kier molecular flexibility index (Phi) is 6.66. The molecule has 0 saturated carbocycles. The first-order valence-corrected chi connectivity index (χ1v) is 11.0. The second kappa shape index (κ2) is 9.59. The van der Waals surface area contributed by atoms with Gasteiger partial charge < -0.3 is 19.7 Å². The van der Waals surface area contributed by atoms with Crippen LogP contribution in [0.2, 0.25) is 0 Å². The summed E-state index contributed by atoms with van der Waals surface area (Å²) in [5.74, 6) is 0.583. The molecule has 2 aromatic heterocycles. The fraction of sp³-hybridized carbons (Fsp3) is 0.609. The third-order valence-corrected chi connectivity index (χ3v) is 6.01. The summed E-state index contributed by atoms with van der Waals surface area (Å²) in [5, 5.41) is 12.6. The molecule has 30 heavy (non-hydrogen) atoms. The fourth-order valence-electron chi connectivity index (χ4n) is 4.46. The number of nitrogens with zero attached hydrogens (tertiary/aromatic N) is 4. The third kappa shape index (κ3) is 4.50. The molecule has 160 valence electrons. The van der Waals surface area contributed by atoms with E-state index in [9.17, 15) is 0 Å². The second-order valence-corrected chi connectivity index (χ2v) is 8.30. The van der Waals surface area contributed by atoms with Crippen LogP contribution in [0, 0.1) is 11.3 Å². The number of fused-ring (bicyclic) bond motifs is 2. The molecule has 7 nitrogen and oxygen atoms in total. The van der Waals surface area contributed by atoms with Crippen molar-refractivity contribution in [3.05, 3.63) is 22.9 Å². The molecule has 0 radical (unpaired) electrons. The Morgan fingerprint density at radius 1 is 1.23 bits per heavy atom. The Labute approximate surface area is 178 Å². The summed E-state index contributed by atoms with van der Waals surface area (Å²) in [4.78, 5) is 12.2. The lowest BCUT2D eigenvalue weighted by molar-refractivity contribution is 0.0975. The van der Waals surface area contributed by atoms with Gasteiger partial charge in [0.25, 0.3) is 0 Å². The van der Waals surface area contributed by atoms with Crippen molar-refractivity contribution in [3.63, 3.8) is 0 Å². The molecule has 7 heteroatoms. The number of hydrogen-bond acceptors (Lipinski definition) is 7. The van der Waals surface area contributed by atoms with Gasteiger partial charge in [-0.25, -0.2) is 4.98 Å². The van der Waals surface area contributed by atoms with Gasteiger partial charge in [-0.05, 0) is 63.7 Å². The highest BCUT2D eigenvalue weighted by atomic mass is 16.5. The van der Waals surface area contributed by atoms with Crippen molar-refractivity contribution in [2.75, 3.05) is 38.7 Å². The Morgan fingerprint density at radius 2 is 2.07 bits per heavy atom. The van der Waals surface area contributed by atoms with Crippen molar-refractivity contribution in [2.24, 2.45) is 0 Å². The van der Waals surface area contributed by atoms with Crippen LogP contribution in [-0.2, 0) is 24.2 Å². The van der Waals surface area contributed by atoms with E-state index in [2.05, 4.69) is 22.4 Å². The van der Waals surface area contributed by atoms with E-state index in [1.807, 2.05) is 6.92 Å². The molecule has 1 N–H and O–H groups in total. The number of rotatable bonds is 9. The van der Waals surface area contributed by atoms with Gasteiger partial charge in [0.05, 0.1) is 44.0 Å². The van der Waals surface area contributed by atoms with Crippen molar-refractivity contribution in [1.82, 2.24) is 14.9 Å². The van der Waals surface area contributed by atoms with Crippen LogP contribution in [0.15, 0.2) is 6.07 Å². The zero-order valence-electron chi connectivity index (χ0n) is 18.0. The molecule has 0 unspecified atom stereocenters.